The Bertz CT molecular complexity index is 751. The lowest BCUT2D eigenvalue weighted by Crippen LogP contribution is -2.46. The molecule has 26 heavy (non-hydrogen) atoms. The Kier molecular flexibility index (Phi) is 5.51. The molecule has 6 heteroatoms. The van der Waals surface area contributed by atoms with Crippen LogP contribution in [0.5, 0.6) is 0 Å². The summed E-state index contributed by atoms with van der Waals surface area (Å²) in [6, 6.07) is 11.2. The zero-order valence-corrected chi connectivity index (χ0v) is 15.2. The SMILES string of the molecule is CN(C)c1ccc(C(=O)N2CCC(NC(=O)c3cccnc3)CC2)cc1. The standard InChI is InChI=1S/C20H24N4O2/c1-23(2)18-7-5-15(6-8-18)20(26)24-12-9-17(10-13-24)22-19(25)16-4-3-11-21-14-16/h3-8,11,14,17H,9-10,12-13H2,1-2H3,(H,22,25). The summed E-state index contributed by atoms with van der Waals surface area (Å²) in [5, 5.41) is 3.03. The highest BCUT2D eigenvalue weighted by Gasteiger charge is 2.24. The number of anilines is 1. The van der Waals surface area contributed by atoms with Crippen LogP contribution in [-0.2, 0) is 0 Å². The number of nitrogens with zero attached hydrogens (tertiary/aromatic N) is 3. The topological polar surface area (TPSA) is 65.5 Å². The Morgan fingerprint density at radius 1 is 1.08 bits per heavy atom. The zero-order chi connectivity index (χ0) is 18.5. The molecule has 1 N–H and O–H groups in total. The third-order valence-corrected chi connectivity index (χ3v) is 4.67. The van der Waals surface area contributed by atoms with Crippen LogP contribution in [0.2, 0.25) is 0 Å². The van der Waals surface area contributed by atoms with Crippen LogP contribution in [-0.4, -0.2) is 54.9 Å². The summed E-state index contributed by atoms with van der Waals surface area (Å²) in [4.78, 5) is 32.7. The number of carbonyl (C=O) groups excluding carboxylic acids is 2. The fraction of sp³-hybridized carbons (Fsp3) is 0.350. The van der Waals surface area contributed by atoms with Gasteiger partial charge in [-0.3, -0.25) is 14.6 Å². The third-order valence-electron chi connectivity index (χ3n) is 4.67. The van der Waals surface area contributed by atoms with E-state index in [9.17, 15) is 9.59 Å². The molecule has 1 aromatic heterocycles. The highest BCUT2D eigenvalue weighted by molar-refractivity contribution is 5.95. The highest BCUT2D eigenvalue weighted by Crippen LogP contribution is 2.17. The molecular weight excluding hydrogens is 328 g/mol. The van der Waals surface area contributed by atoms with E-state index < -0.39 is 0 Å². The maximum atomic E-state index is 12.6. The number of hydrogen-bond donors (Lipinski definition) is 1. The molecule has 0 saturated carbocycles. The first kappa shape index (κ1) is 17.9. The van der Waals surface area contributed by atoms with Gasteiger partial charge < -0.3 is 15.1 Å². The lowest BCUT2D eigenvalue weighted by molar-refractivity contribution is 0.0698. The minimum Gasteiger partial charge on any atom is -0.378 e. The van der Waals surface area contributed by atoms with E-state index >= 15 is 0 Å². The van der Waals surface area contributed by atoms with Crippen molar-refractivity contribution in [3.8, 4) is 0 Å². The smallest absolute Gasteiger partial charge is 0.253 e. The maximum absolute atomic E-state index is 12.6. The molecule has 0 spiro atoms. The second-order valence-corrected chi connectivity index (χ2v) is 6.72. The Morgan fingerprint density at radius 2 is 1.77 bits per heavy atom. The number of amides is 2. The van der Waals surface area contributed by atoms with Gasteiger partial charge in [0.15, 0.2) is 0 Å². The Morgan fingerprint density at radius 3 is 2.35 bits per heavy atom. The average Bonchev–Trinajstić information content (AvgIpc) is 2.69. The van der Waals surface area contributed by atoms with E-state index in [2.05, 4.69) is 10.3 Å². The van der Waals surface area contributed by atoms with Gasteiger partial charge in [0.1, 0.15) is 0 Å². The number of piperidine rings is 1. The summed E-state index contributed by atoms with van der Waals surface area (Å²) in [7, 11) is 3.95. The van der Waals surface area contributed by atoms with Gasteiger partial charge in [-0.15, -0.1) is 0 Å². The molecule has 0 radical (unpaired) electrons. The van der Waals surface area contributed by atoms with E-state index in [0.717, 1.165) is 18.5 Å². The van der Waals surface area contributed by atoms with Crippen molar-refractivity contribution in [2.75, 3.05) is 32.1 Å². The summed E-state index contributed by atoms with van der Waals surface area (Å²) in [6.45, 7) is 1.29. The summed E-state index contributed by atoms with van der Waals surface area (Å²) in [5.74, 6) is -0.0607. The van der Waals surface area contributed by atoms with Crippen LogP contribution < -0.4 is 10.2 Å². The van der Waals surface area contributed by atoms with Crippen LogP contribution in [0.3, 0.4) is 0 Å². The van der Waals surface area contributed by atoms with Crippen LogP contribution in [0.15, 0.2) is 48.8 Å². The number of rotatable bonds is 4. The van der Waals surface area contributed by atoms with Crippen molar-refractivity contribution in [3.63, 3.8) is 0 Å². The molecule has 1 fully saturated rings. The molecule has 1 aromatic carbocycles. The van der Waals surface area contributed by atoms with Gasteiger partial charge in [0.2, 0.25) is 0 Å². The van der Waals surface area contributed by atoms with Crippen molar-refractivity contribution in [2.24, 2.45) is 0 Å². The number of hydrogen-bond acceptors (Lipinski definition) is 4. The monoisotopic (exact) mass is 352 g/mol. The van der Waals surface area contributed by atoms with Gasteiger partial charge >= 0.3 is 0 Å². The summed E-state index contributed by atoms with van der Waals surface area (Å²) in [6.07, 6.45) is 4.72. The number of aromatic nitrogens is 1. The van der Waals surface area contributed by atoms with Gasteiger partial charge in [-0.25, -0.2) is 0 Å². The molecule has 136 valence electrons. The predicted molar refractivity (Wildman–Crippen MR) is 101 cm³/mol. The van der Waals surface area contributed by atoms with Crippen molar-refractivity contribution >= 4 is 17.5 Å². The third kappa shape index (κ3) is 4.20. The number of carbonyl (C=O) groups is 2. The van der Waals surface area contributed by atoms with E-state index in [1.807, 2.05) is 48.2 Å². The van der Waals surface area contributed by atoms with E-state index in [0.29, 0.717) is 24.2 Å². The first-order valence-electron chi connectivity index (χ1n) is 8.82. The molecule has 1 saturated heterocycles. The van der Waals surface area contributed by atoms with Crippen molar-refractivity contribution in [2.45, 2.75) is 18.9 Å². The van der Waals surface area contributed by atoms with E-state index in [4.69, 9.17) is 0 Å². The van der Waals surface area contributed by atoms with Gasteiger partial charge in [0.05, 0.1) is 5.56 Å². The summed E-state index contributed by atoms with van der Waals surface area (Å²) < 4.78 is 0. The van der Waals surface area contributed by atoms with E-state index in [1.165, 1.54) is 0 Å². The molecular formula is C20H24N4O2. The Labute approximate surface area is 153 Å². The lowest BCUT2D eigenvalue weighted by atomic mass is 10.0. The fourth-order valence-corrected chi connectivity index (χ4v) is 3.08. The Balaban J connectivity index is 1.53. The number of likely N-dealkylation sites (tertiary alicyclic amines) is 1. The molecule has 1 aliphatic rings. The van der Waals surface area contributed by atoms with Crippen LogP contribution in [0.1, 0.15) is 33.6 Å². The van der Waals surface area contributed by atoms with E-state index in [-0.39, 0.29) is 17.9 Å². The van der Waals surface area contributed by atoms with Gasteiger partial charge in [-0.1, -0.05) is 0 Å². The van der Waals surface area contributed by atoms with E-state index in [1.54, 1.807) is 24.5 Å². The maximum Gasteiger partial charge on any atom is 0.253 e. The molecule has 0 atom stereocenters. The molecule has 0 aliphatic carbocycles. The quantitative estimate of drug-likeness (QED) is 0.916. The average molecular weight is 352 g/mol. The number of nitrogens with one attached hydrogen (secondary N) is 1. The van der Waals surface area contributed by atoms with Crippen LogP contribution in [0, 0.1) is 0 Å². The normalized spacial score (nSPS) is 14.8. The number of pyridine rings is 1. The zero-order valence-electron chi connectivity index (χ0n) is 15.2. The summed E-state index contributed by atoms with van der Waals surface area (Å²) >= 11 is 0. The van der Waals surface area contributed by atoms with Crippen LogP contribution in [0.25, 0.3) is 0 Å². The van der Waals surface area contributed by atoms with Gasteiger partial charge in [-0.05, 0) is 49.2 Å². The molecule has 6 nitrogen and oxygen atoms in total. The first-order valence-corrected chi connectivity index (χ1v) is 8.82. The van der Waals surface area contributed by atoms with Crippen LogP contribution in [0.4, 0.5) is 5.69 Å². The number of benzene rings is 1. The second kappa shape index (κ2) is 7.99. The van der Waals surface area contributed by atoms with Gasteiger partial charge in [0.25, 0.3) is 11.8 Å². The molecule has 2 aromatic rings. The van der Waals surface area contributed by atoms with Crippen molar-refractivity contribution in [1.29, 1.82) is 0 Å². The molecule has 3 rings (SSSR count). The highest BCUT2D eigenvalue weighted by atomic mass is 16.2. The minimum absolute atomic E-state index is 0.0485. The van der Waals surface area contributed by atoms with Crippen LogP contribution >= 0.6 is 0 Å². The lowest BCUT2D eigenvalue weighted by Gasteiger charge is -2.32. The molecule has 1 aliphatic heterocycles. The first-order chi connectivity index (χ1) is 12.5. The minimum atomic E-state index is -0.109. The predicted octanol–water partition coefficient (Wildman–Crippen LogP) is 2.18. The Hall–Kier alpha value is -2.89. The fourth-order valence-electron chi connectivity index (χ4n) is 3.08. The van der Waals surface area contributed by atoms with Crippen molar-refractivity contribution in [1.82, 2.24) is 15.2 Å². The molecule has 0 bridgehead atoms. The molecule has 2 heterocycles. The second-order valence-electron chi connectivity index (χ2n) is 6.72. The molecule has 0 unspecified atom stereocenters. The molecule has 2 amide bonds. The van der Waals surface area contributed by atoms with Gasteiger partial charge in [-0.2, -0.15) is 0 Å². The summed E-state index contributed by atoms with van der Waals surface area (Å²) in [5.41, 5.74) is 2.33. The largest absolute Gasteiger partial charge is 0.378 e. The van der Waals surface area contributed by atoms with Crippen molar-refractivity contribution < 1.29 is 9.59 Å². The van der Waals surface area contributed by atoms with Gasteiger partial charge in [0, 0.05) is 56.9 Å². The van der Waals surface area contributed by atoms with Crippen molar-refractivity contribution in [3.05, 3.63) is 59.9 Å².